The summed E-state index contributed by atoms with van der Waals surface area (Å²) in [6, 6.07) is 11.2. The summed E-state index contributed by atoms with van der Waals surface area (Å²) in [5, 5.41) is 14.2. The molecule has 1 aromatic heterocycles. The lowest BCUT2D eigenvalue weighted by atomic mass is 9.78. The third-order valence-corrected chi connectivity index (χ3v) is 8.00. The van der Waals surface area contributed by atoms with Crippen molar-refractivity contribution in [3.8, 4) is 5.69 Å². The highest BCUT2D eigenvalue weighted by atomic mass is 16.5. The van der Waals surface area contributed by atoms with E-state index in [1.807, 2.05) is 13.0 Å². The average Bonchev–Trinajstić information content (AvgIpc) is 2.86. The maximum Gasteiger partial charge on any atom is 0.335 e. The molecule has 2 N–H and O–H groups in total. The van der Waals surface area contributed by atoms with E-state index in [9.17, 15) is 24.3 Å². The Bertz CT molecular complexity index is 1500. The fourth-order valence-electron chi connectivity index (χ4n) is 5.32. The quantitative estimate of drug-likeness (QED) is 0.482. The minimum atomic E-state index is -1.13. The van der Waals surface area contributed by atoms with Gasteiger partial charge in [0.05, 0.1) is 24.9 Å². The monoisotopic (exact) mass is 520 g/mol. The number of carboxylic acid groups (broad SMARTS) is 1. The van der Waals surface area contributed by atoms with Crippen LogP contribution in [-0.4, -0.2) is 69.4 Å². The topological polar surface area (TPSA) is 123 Å². The fourth-order valence-corrected chi connectivity index (χ4v) is 5.32. The molecule has 2 aliphatic heterocycles. The molecule has 1 amide bonds. The number of hydrogen-bond donors (Lipinski definition) is 2. The molecule has 1 atom stereocenters. The third-order valence-electron chi connectivity index (χ3n) is 8.00. The van der Waals surface area contributed by atoms with Crippen LogP contribution >= 0.6 is 0 Å². The average molecular weight is 521 g/mol. The van der Waals surface area contributed by atoms with Crippen LogP contribution in [0.1, 0.15) is 25.3 Å². The van der Waals surface area contributed by atoms with E-state index in [2.05, 4.69) is 10.2 Å². The Morgan fingerprint density at radius 1 is 1.08 bits per heavy atom. The van der Waals surface area contributed by atoms with Crippen LogP contribution < -0.4 is 16.6 Å². The van der Waals surface area contributed by atoms with E-state index in [-0.39, 0.29) is 12.3 Å². The largest absolute Gasteiger partial charge is 0.480 e. The van der Waals surface area contributed by atoms with Crippen LogP contribution in [0.15, 0.2) is 58.3 Å². The minimum absolute atomic E-state index is 0.0607. The number of ether oxygens (including phenoxy) is 1. The summed E-state index contributed by atoms with van der Waals surface area (Å²) >= 11 is 0. The molecule has 10 heteroatoms. The van der Waals surface area contributed by atoms with E-state index >= 15 is 0 Å². The number of carboxylic acids is 1. The number of carbonyl (C=O) groups is 2. The maximum absolute atomic E-state index is 13.3. The number of carbonyl (C=O) groups excluding carboxylic acids is 1. The van der Waals surface area contributed by atoms with Crippen molar-refractivity contribution < 1.29 is 19.4 Å². The number of aliphatic carboxylic acids is 1. The first kappa shape index (κ1) is 25.9. The van der Waals surface area contributed by atoms with E-state index in [1.54, 1.807) is 37.4 Å². The molecule has 38 heavy (non-hydrogen) atoms. The lowest BCUT2D eigenvalue weighted by molar-refractivity contribution is -0.145. The SMILES string of the molecule is Cn1ccc(=O)n(-c2cccc3c(C[C@H](NC(=O)C4(C)CCN(C5COC5)CC4)C(=O)O)cccc23)c1=O. The zero-order valence-electron chi connectivity index (χ0n) is 21.6. The van der Waals surface area contributed by atoms with Crippen molar-refractivity contribution in [2.24, 2.45) is 12.5 Å². The predicted octanol–water partition coefficient (Wildman–Crippen LogP) is 1.30. The first-order valence-corrected chi connectivity index (χ1v) is 12.8. The first-order valence-electron chi connectivity index (χ1n) is 12.8. The fraction of sp³-hybridized carbons (Fsp3) is 0.429. The number of aryl methyl sites for hydroxylation is 1. The van der Waals surface area contributed by atoms with E-state index in [1.165, 1.54) is 16.8 Å². The van der Waals surface area contributed by atoms with E-state index in [0.29, 0.717) is 40.9 Å². The van der Waals surface area contributed by atoms with Gasteiger partial charge >= 0.3 is 11.7 Å². The minimum Gasteiger partial charge on any atom is -0.480 e. The van der Waals surface area contributed by atoms with Crippen molar-refractivity contribution in [3.05, 3.63) is 75.1 Å². The highest BCUT2D eigenvalue weighted by Crippen LogP contribution is 2.33. The van der Waals surface area contributed by atoms with Crippen molar-refractivity contribution in [2.75, 3.05) is 26.3 Å². The Labute approximate surface area is 219 Å². The zero-order chi connectivity index (χ0) is 27.0. The number of nitrogens with one attached hydrogen (secondary N) is 1. The molecule has 10 nitrogen and oxygen atoms in total. The Morgan fingerprint density at radius 2 is 1.76 bits per heavy atom. The van der Waals surface area contributed by atoms with Gasteiger partial charge in [-0.2, -0.15) is 0 Å². The molecule has 2 aromatic carbocycles. The molecular weight excluding hydrogens is 488 g/mol. The molecular formula is C28H32N4O6. The summed E-state index contributed by atoms with van der Waals surface area (Å²) in [6.45, 7) is 4.91. The van der Waals surface area contributed by atoms with Crippen molar-refractivity contribution in [2.45, 2.75) is 38.3 Å². The molecule has 2 fully saturated rings. The summed E-state index contributed by atoms with van der Waals surface area (Å²) in [5.41, 5.74) is -0.457. The molecule has 200 valence electrons. The van der Waals surface area contributed by atoms with Crippen molar-refractivity contribution in [1.82, 2.24) is 19.4 Å². The number of hydrogen-bond acceptors (Lipinski definition) is 6. The van der Waals surface area contributed by atoms with Gasteiger partial charge in [-0.15, -0.1) is 0 Å². The normalized spacial score (nSPS) is 18.6. The lowest BCUT2D eigenvalue weighted by Gasteiger charge is -2.44. The van der Waals surface area contributed by atoms with E-state index in [4.69, 9.17) is 4.74 Å². The number of piperidine rings is 1. The smallest absolute Gasteiger partial charge is 0.335 e. The number of nitrogens with zero attached hydrogens (tertiary/aromatic N) is 3. The van der Waals surface area contributed by atoms with Gasteiger partial charge in [0, 0.05) is 36.5 Å². The molecule has 3 heterocycles. The van der Waals surface area contributed by atoms with Crippen LogP contribution in [0.3, 0.4) is 0 Å². The summed E-state index contributed by atoms with van der Waals surface area (Å²) in [6.07, 6.45) is 2.79. The molecule has 2 aliphatic rings. The maximum atomic E-state index is 13.3. The Hall–Kier alpha value is -3.76. The van der Waals surface area contributed by atoms with Crippen LogP contribution in [0.4, 0.5) is 0 Å². The second-order valence-electron chi connectivity index (χ2n) is 10.5. The molecule has 2 saturated heterocycles. The summed E-state index contributed by atoms with van der Waals surface area (Å²) in [5.74, 6) is -1.37. The zero-order valence-corrected chi connectivity index (χ0v) is 21.6. The first-order chi connectivity index (χ1) is 18.2. The van der Waals surface area contributed by atoms with Gasteiger partial charge in [-0.05, 0) is 42.9 Å². The number of aromatic nitrogens is 2. The highest BCUT2D eigenvalue weighted by molar-refractivity contribution is 5.93. The third kappa shape index (κ3) is 4.77. The molecule has 0 aliphatic carbocycles. The summed E-state index contributed by atoms with van der Waals surface area (Å²) in [7, 11) is 1.57. The summed E-state index contributed by atoms with van der Waals surface area (Å²) in [4.78, 5) is 53.2. The van der Waals surface area contributed by atoms with Gasteiger partial charge < -0.3 is 19.7 Å². The molecule has 3 aromatic rings. The van der Waals surface area contributed by atoms with Gasteiger partial charge in [-0.1, -0.05) is 37.3 Å². The standard InChI is InChI=1S/C28H32N4O6/c1-28(10-13-31(14-11-28)19-16-38-17-19)26(36)29-22(25(34)35)15-18-5-3-7-21-20(18)6-4-8-23(21)32-24(33)9-12-30(2)27(32)37/h3-9,12,19,22H,10-11,13-17H2,1-2H3,(H,29,36)(H,34,35)/t22-/m0/s1. The van der Waals surface area contributed by atoms with Gasteiger partial charge in [0.25, 0.3) is 5.56 Å². The van der Waals surface area contributed by atoms with Crippen molar-refractivity contribution in [3.63, 3.8) is 0 Å². The van der Waals surface area contributed by atoms with Gasteiger partial charge in [0.2, 0.25) is 5.91 Å². The van der Waals surface area contributed by atoms with Gasteiger partial charge in [0.15, 0.2) is 0 Å². The number of amides is 1. The van der Waals surface area contributed by atoms with Crippen LogP contribution in [0.5, 0.6) is 0 Å². The van der Waals surface area contributed by atoms with Crippen LogP contribution in [0, 0.1) is 5.41 Å². The number of rotatable bonds is 7. The number of likely N-dealkylation sites (tertiary alicyclic amines) is 1. The van der Waals surface area contributed by atoms with Crippen LogP contribution in [0.25, 0.3) is 16.5 Å². The van der Waals surface area contributed by atoms with Gasteiger partial charge in [0.1, 0.15) is 6.04 Å². The molecule has 0 spiro atoms. The van der Waals surface area contributed by atoms with E-state index < -0.39 is 28.7 Å². The highest BCUT2D eigenvalue weighted by Gasteiger charge is 2.41. The Morgan fingerprint density at radius 3 is 2.42 bits per heavy atom. The molecule has 0 saturated carbocycles. The number of fused-ring (bicyclic) bond motifs is 1. The molecule has 0 radical (unpaired) electrons. The second-order valence-corrected chi connectivity index (χ2v) is 10.5. The van der Waals surface area contributed by atoms with Crippen LogP contribution in [-0.2, 0) is 27.8 Å². The molecule has 0 unspecified atom stereocenters. The van der Waals surface area contributed by atoms with Gasteiger partial charge in [-0.25, -0.2) is 14.2 Å². The lowest BCUT2D eigenvalue weighted by Crippen LogP contribution is -2.56. The predicted molar refractivity (Wildman–Crippen MR) is 142 cm³/mol. The van der Waals surface area contributed by atoms with Crippen molar-refractivity contribution >= 4 is 22.6 Å². The molecule has 5 rings (SSSR count). The van der Waals surface area contributed by atoms with Crippen LogP contribution in [0.2, 0.25) is 0 Å². The van der Waals surface area contributed by atoms with Gasteiger partial charge in [-0.3, -0.25) is 14.5 Å². The second kappa shape index (κ2) is 10.2. The Kier molecular flexibility index (Phi) is 6.93. The van der Waals surface area contributed by atoms with Crippen molar-refractivity contribution in [1.29, 1.82) is 0 Å². The van der Waals surface area contributed by atoms with E-state index in [0.717, 1.165) is 30.9 Å². The summed E-state index contributed by atoms with van der Waals surface area (Å²) < 4.78 is 7.71. The Balaban J connectivity index is 1.40. The number of benzene rings is 2. The molecule has 0 bridgehead atoms.